The average molecular weight is 380 g/mol. The van der Waals surface area contributed by atoms with Gasteiger partial charge >= 0.3 is 0 Å². The third-order valence-corrected chi connectivity index (χ3v) is 5.14. The van der Waals surface area contributed by atoms with Crippen LogP contribution in [0, 0.1) is 11.8 Å². The Labute approximate surface area is 157 Å². The molecule has 27 heavy (non-hydrogen) atoms. The molecule has 1 heterocycles. The molecule has 136 valence electrons. The van der Waals surface area contributed by atoms with Gasteiger partial charge in [-0.2, -0.15) is 0 Å². The molecule has 1 aromatic heterocycles. The van der Waals surface area contributed by atoms with Gasteiger partial charge in [0.1, 0.15) is 11.5 Å². The van der Waals surface area contributed by atoms with Crippen LogP contribution in [-0.2, 0) is 16.6 Å². The zero-order valence-corrected chi connectivity index (χ0v) is 14.9. The number of nitrogens with zero attached hydrogens (tertiary/aromatic N) is 1. The van der Waals surface area contributed by atoms with E-state index in [1.807, 2.05) is 30.3 Å². The molecule has 0 amide bonds. The van der Waals surface area contributed by atoms with Gasteiger partial charge in [0, 0.05) is 30.1 Å². The Morgan fingerprint density at radius 1 is 0.889 bits per heavy atom. The number of sulfonamides is 1. The highest BCUT2D eigenvalue weighted by atomic mass is 32.2. The van der Waals surface area contributed by atoms with Crippen molar-refractivity contribution in [3.63, 3.8) is 0 Å². The Bertz CT molecular complexity index is 1080. The van der Waals surface area contributed by atoms with Crippen LogP contribution in [0.5, 0.6) is 11.5 Å². The zero-order valence-electron chi connectivity index (χ0n) is 14.1. The van der Waals surface area contributed by atoms with E-state index in [0.717, 1.165) is 5.56 Å². The van der Waals surface area contributed by atoms with Gasteiger partial charge in [0.25, 0.3) is 0 Å². The Balaban J connectivity index is 1.85. The number of aromatic hydroxyl groups is 2. The summed E-state index contributed by atoms with van der Waals surface area (Å²) in [6.45, 7) is -0.000697. The first-order valence-corrected chi connectivity index (χ1v) is 9.45. The molecule has 0 aliphatic rings. The first-order chi connectivity index (χ1) is 13.0. The number of phenolic OH excluding ortho intramolecular Hbond substituents is 2. The predicted octanol–water partition coefficient (Wildman–Crippen LogP) is 2.37. The number of rotatable bonds is 4. The topological polar surface area (TPSA) is 99.5 Å². The second kappa shape index (κ2) is 7.91. The Morgan fingerprint density at radius 3 is 2.11 bits per heavy atom. The molecular weight excluding hydrogens is 364 g/mol. The molecule has 0 unspecified atom stereocenters. The maximum absolute atomic E-state index is 12.5. The summed E-state index contributed by atoms with van der Waals surface area (Å²) in [4.78, 5) is 3.27. The molecule has 0 fully saturated rings. The van der Waals surface area contributed by atoms with E-state index in [2.05, 4.69) is 21.5 Å². The van der Waals surface area contributed by atoms with E-state index >= 15 is 0 Å². The quantitative estimate of drug-likeness (QED) is 0.604. The van der Waals surface area contributed by atoms with Gasteiger partial charge in [0.05, 0.1) is 0 Å². The summed E-state index contributed by atoms with van der Waals surface area (Å²) >= 11 is 0. The molecule has 3 aromatic rings. The standard InChI is InChI=1S/C20H16N2O4S/c23-18-12-17(7-6-15-4-2-1-3-5-15)13-19(24)20(18)27(25,26)22-14-16-8-10-21-11-9-16/h1-5,8-13,22-24H,14H2. The maximum Gasteiger partial charge on any atom is 0.248 e. The van der Waals surface area contributed by atoms with Crippen molar-refractivity contribution in [3.05, 3.63) is 83.7 Å². The van der Waals surface area contributed by atoms with Crippen molar-refractivity contribution in [2.75, 3.05) is 0 Å². The molecule has 0 bridgehead atoms. The van der Waals surface area contributed by atoms with Crippen molar-refractivity contribution in [3.8, 4) is 23.3 Å². The van der Waals surface area contributed by atoms with Crippen molar-refractivity contribution >= 4 is 10.0 Å². The summed E-state index contributed by atoms with van der Waals surface area (Å²) in [5.74, 6) is 4.52. The lowest BCUT2D eigenvalue weighted by atomic mass is 10.1. The van der Waals surface area contributed by atoms with Crippen molar-refractivity contribution in [1.82, 2.24) is 9.71 Å². The lowest BCUT2D eigenvalue weighted by Crippen LogP contribution is -2.23. The lowest BCUT2D eigenvalue weighted by Gasteiger charge is -2.10. The molecule has 0 aliphatic carbocycles. The van der Waals surface area contributed by atoms with Gasteiger partial charge in [-0.25, -0.2) is 13.1 Å². The number of phenols is 2. The number of hydrogen-bond donors (Lipinski definition) is 3. The Hall–Kier alpha value is -3.34. The molecule has 0 spiro atoms. The fourth-order valence-electron chi connectivity index (χ4n) is 2.36. The number of nitrogens with one attached hydrogen (secondary N) is 1. The highest BCUT2D eigenvalue weighted by molar-refractivity contribution is 7.89. The molecular formula is C20H16N2O4S. The number of pyridine rings is 1. The predicted molar refractivity (Wildman–Crippen MR) is 100 cm³/mol. The summed E-state index contributed by atoms with van der Waals surface area (Å²) in [5, 5.41) is 20.3. The van der Waals surface area contributed by atoms with Crippen LogP contribution in [-0.4, -0.2) is 23.6 Å². The highest BCUT2D eigenvalue weighted by Crippen LogP contribution is 2.33. The average Bonchev–Trinajstić information content (AvgIpc) is 2.66. The van der Waals surface area contributed by atoms with Crippen LogP contribution in [0.2, 0.25) is 0 Å². The molecule has 0 aliphatic heterocycles. The second-order valence-electron chi connectivity index (χ2n) is 5.64. The highest BCUT2D eigenvalue weighted by Gasteiger charge is 2.23. The van der Waals surface area contributed by atoms with Crippen LogP contribution in [0.3, 0.4) is 0 Å². The monoisotopic (exact) mass is 380 g/mol. The normalized spacial score (nSPS) is 10.8. The fraction of sp³-hybridized carbons (Fsp3) is 0.0500. The van der Waals surface area contributed by atoms with Gasteiger partial charge in [0.2, 0.25) is 10.0 Å². The van der Waals surface area contributed by atoms with Gasteiger partial charge in [-0.1, -0.05) is 30.0 Å². The van der Waals surface area contributed by atoms with Crippen molar-refractivity contribution in [2.24, 2.45) is 0 Å². The van der Waals surface area contributed by atoms with Crippen LogP contribution in [0.4, 0.5) is 0 Å². The molecule has 2 aromatic carbocycles. The molecule has 6 nitrogen and oxygen atoms in total. The summed E-state index contributed by atoms with van der Waals surface area (Å²) in [7, 11) is -4.12. The summed E-state index contributed by atoms with van der Waals surface area (Å²) in [6.07, 6.45) is 3.08. The van der Waals surface area contributed by atoms with E-state index in [9.17, 15) is 18.6 Å². The summed E-state index contributed by atoms with van der Waals surface area (Å²) in [6, 6.07) is 14.9. The fourth-order valence-corrected chi connectivity index (χ4v) is 3.53. The molecule has 0 saturated carbocycles. The van der Waals surface area contributed by atoms with Crippen molar-refractivity contribution in [1.29, 1.82) is 0 Å². The molecule has 3 rings (SSSR count). The Kier molecular flexibility index (Phi) is 5.41. The third kappa shape index (κ3) is 4.64. The minimum atomic E-state index is -4.12. The third-order valence-electron chi connectivity index (χ3n) is 3.66. The first-order valence-electron chi connectivity index (χ1n) is 7.97. The van der Waals surface area contributed by atoms with Crippen LogP contribution in [0.15, 0.2) is 71.9 Å². The van der Waals surface area contributed by atoms with Crippen molar-refractivity contribution in [2.45, 2.75) is 11.4 Å². The lowest BCUT2D eigenvalue weighted by molar-refractivity contribution is 0.422. The van der Waals surface area contributed by atoms with Gasteiger partial charge in [-0.3, -0.25) is 4.98 Å². The molecule has 3 N–H and O–H groups in total. The van der Waals surface area contributed by atoms with E-state index in [4.69, 9.17) is 0 Å². The van der Waals surface area contributed by atoms with Gasteiger partial charge < -0.3 is 10.2 Å². The molecule has 7 heteroatoms. The second-order valence-corrected chi connectivity index (χ2v) is 7.34. The molecule has 0 radical (unpaired) electrons. The van der Waals surface area contributed by atoms with Gasteiger partial charge in [-0.05, 0) is 42.0 Å². The Morgan fingerprint density at radius 2 is 1.48 bits per heavy atom. The van der Waals surface area contributed by atoms with E-state index in [0.29, 0.717) is 11.1 Å². The van der Waals surface area contributed by atoms with Gasteiger partial charge in [0.15, 0.2) is 4.90 Å². The van der Waals surface area contributed by atoms with Crippen LogP contribution in [0.1, 0.15) is 16.7 Å². The molecule has 0 atom stereocenters. The van der Waals surface area contributed by atoms with E-state index in [1.165, 1.54) is 12.1 Å². The minimum Gasteiger partial charge on any atom is -0.506 e. The van der Waals surface area contributed by atoms with E-state index < -0.39 is 26.4 Å². The van der Waals surface area contributed by atoms with Crippen LogP contribution in [0.25, 0.3) is 0 Å². The summed E-state index contributed by atoms with van der Waals surface area (Å²) in [5.41, 5.74) is 1.74. The van der Waals surface area contributed by atoms with Gasteiger partial charge in [-0.15, -0.1) is 0 Å². The van der Waals surface area contributed by atoms with Crippen molar-refractivity contribution < 1.29 is 18.6 Å². The van der Waals surface area contributed by atoms with E-state index in [-0.39, 0.29) is 6.54 Å². The number of benzene rings is 2. The molecule has 0 saturated heterocycles. The first kappa shape index (κ1) is 18.5. The SMILES string of the molecule is O=S(=O)(NCc1ccncc1)c1c(O)cc(C#Cc2ccccc2)cc1O. The zero-order chi connectivity index (χ0) is 19.3. The smallest absolute Gasteiger partial charge is 0.248 e. The van der Waals surface area contributed by atoms with Crippen LogP contribution >= 0.6 is 0 Å². The maximum atomic E-state index is 12.5. The number of hydrogen-bond acceptors (Lipinski definition) is 5. The number of aromatic nitrogens is 1. The largest absolute Gasteiger partial charge is 0.506 e. The van der Waals surface area contributed by atoms with E-state index in [1.54, 1.807) is 24.5 Å². The van der Waals surface area contributed by atoms with Crippen LogP contribution < -0.4 is 4.72 Å². The summed E-state index contributed by atoms with van der Waals surface area (Å²) < 4.78 is 27.2. The minimum absolute atomic E-state index is 0.000697.